The summed E-state index contributed by atoms with van der Waals surface area (Å²) in [6.07, 6.45) is 1.74. The molecule has 1 aromatic carbocycles. The summed E-state index contributed by atoms with van der Waals surface area (Å²) in [6, 6.07) is 7.75. The molecule has 6 heteroatoms. The molecule has 1 aliphatic heterocycles. The summed E-state index contributed by atoms with van der Waals surface area (Å²) in [7, 11) is 3.83. The average Bonchev–Trinajstić information content (AvgIpc) is 2.93. The van der Waals surface area contributed by atoms with Crippen molar-refractivity contribution in [3.05, 3.63) is 36.0 Å². The summed E-state index contributed by atoms with van der Waals surface area (Å²) in [5, 5.41) is 3.27. The van der Waals surface area contributed by atoms with E-state index >= 15 is 0 Å². The van der Waals surface area contributed by atoms with Gasteiger partial charge in [0, 0.05) is 26.8 Å². The summed E-state index contributed by atoms with van der Waals surface area (Å²) in [6.45, 7) is 0.963. The molecule has 0 saturated heterocycles. The molecule has 20 heavy (non-hydrogen) atoms. The third-order valence-electron chi connectivity index (χ3n) is 2.95. The zero-order chi connectivity index (χ0) is 13.9. The van der Waals surface area contributed by atoms with Crippen molar-refractivity contribution in [1.29, 1.82) is 0 Å². The topological polar surface area (TPSA) is 59.5 Å². The summed E-state index contributed by atoms with van der Waals surface area (Å²) in [4.78, 5) is 10.5. The first-order valence-corrected chi connectivity index (χ1v) is 6.35. The average molecular weight is 272 g/mol. The van der Waals surface area contributed by atoms with E-state index in [0.717, 1.165) is 22.9 Å². The van der Waals surface area contributed by atoms with Gasteiger partial charge >= 0.3 is 0 Å². The first-order valence-electron chi connectivity index (χ1n) is 6.35. The van der Waals surface area contributed by atoms with E-state index in [1.807, 2.05) is 43.3 Å². The number of hydrogen-bond acceptors (Lipinski definition) is 6. The lowest BCUT2D eigenvalue weighted by atomic mass is 10.2. The minimum atomic E-state index is 0.296. The predicted octanol–water partition coefficient (Wildman–Crippen LogP) is 1.88. The highest BCUT2D eigenvalue weighted by Gasteiger charge is 2.13. The summed E-state index contributed by atoms with van der Waals surface area (Å²) in [5.74, 6) is 3.06. The number of hydrogen-bond donors (Lipinski definition) is 1. The van der Waals surface area contributed by atoms with Crippen molar-refractivity contribution in [3.8, 4) is 11.5 Å². The fraction of sp³-hybridized carbons (Fsp3) is 0.286. The van der Waals surface area contributed by atoms with Crippen LogP contribution in [0.3, 0.4) is 0 Å². The fourth-order valence-corrected chi connectivity index (χ4v) is 1.91. The molecular formula is C14H16N4O2. The monoisotopic (exact) mass is 272 g/mol. The minimum absolute atomic E-state index is 0.296. The Hall–Kier alpha value is -2.50. The molecule has 6 nitrogen and oxygen atoms in total. The lowest BCUT2D eigenvalue weighted by Gasteiger charge is -2.12. The van der Waals surface area contributed by atoms with Gasteiger partial charge in [-0.15, -0.1) is 0 Å². The van der Waals surface area contributed by atoms with E-state index in [-0.39, 0.29) is 0 Å². The van der Waals surface area contributed by atoms with Gasteiger partial charge < -0.3 is 19.7 Å². The molecule has 0 radical (unpaired) electrons. The molecule has 104 valence electrons. The van der Waals surface area contributed by atoms with Crippen LogP contribution in [0.5, 0.6) is 11.5 Å². The second-order valence-corrected chi connectivity index (χ2v) is 4.68. The molecule has 0 amide bonds. The number of ether oxygens (including phenoxy) is 2. The number of rotatable bonds is 4. The van der Waals surface area contributed by atoms with Gasteiger partial charge in [0.15, 0.2) is 11.5 Å². The molecule has 3 rings (SSSR count). The Morgan fingerprint density at radius 1 is 1.20 bits per heavy atom. The molecule has 0 saturated carbocycles. The molecule has 2 aromatic rings. The quantitative estimate of drug-likeness (QED) is 0.917. The number of nitrogens with zero attached hydrogens (tertiary/aromatic N) is 3. The highest BCUT2D eigenvalue weighted by Crippen LogP contribution is 2.32. The Labute approximate surface area is 117 Å². The minimum Gasteiger partial charge on any atom is -0.454 e. The van der Waals surface area contributed by atoms with Crippen molar-refractivity contribution in [3.63, 3.8) is 0 Å². The Morgan fingerprint density at radius 2 is 2.05 bits per heavy atom. The molecule has 0 aliphatic carbocycles. The van der Waals surface area contributed by atoms with Gasteiger partial charge in [0.1, 0.15) is 5.82 Å². The standard InChI is InChI=1S/C14H16N4O2/c1-18(2)14-15-6-5-13(17-14)16-8-10-3-4-11-12(7-10)20-9-19-11/h3-7H,8-9H2,1-2H3,(H,15,16,17). The summed E-state index contributed by atoms with van der Waals surface area (Å²) < 4.78 is 10.6. The Bertz CT molecular complexity index is 616. The smallest absolute Gasteiger partial charge is 0.231 e. The van der Waals surface area contributed by atoms with Crippen molar-refractivity contribution >= 4 is 11.8 Å². The molecule has 2 heterocycles. The largest absolute Gasteiger partial charge is 0.454 e. The Morgan fingerprint density at radius 3 is 2.90 bits per heavy atom. The Kier molecular flexibility index (Phi) is 3.28. The van der Waals surface area contributed by atoms with E-state index < -0.39 is 0 Å². The molecule has 1 aromatic heterocycles. The van der Waals surface area contributed by atoms with Gasteiger partial charge in [-0.2, -0.15) is 4.98 Å². The van der Waals surface area contributed by atoms with Crippen molar-refractivity contribution in [2.24, 2.45) is 0 Å². The number of aromatic nitrogens is 2. The predicted molar refractivity (Wildman–Crippen MR) is 76.3 cm³/mol. The van der Waals surface area contributed by atoms with E-state index in [4.69, 9.17) is 9.47 Å². The van der Waals surface area contributed by atoms with Crippen LogP contribution in [-0.2, 0) is 6.54 Å². The highest BCUT2D eigenvalue weighted by molar-refractivity contribution is 5.46. The number of nitrogens with one attached hydrogen (secondary N) is 1. The molecular weight excluding hydrogens is 256 g/mol. The Balaban J connectivity index is 1.69. The van der Waals surface area contributed by atoms with E-state index in [1.54, 1.807) is 6.20 Å². The summed E-state index contributed by atoms with van der Waals surface area (Å²) in [5.41, 5.74) is 1.11. The maximum absolute atomic E-state index is 5.36. The first-order chi connectivity index (χ1) is 9.72. The molecule has 0 atom stereocenters. The van der Waals surface area contributed by atoms with Crippen LogP contribution in [0.25, 0.3) is 0 Å². The van der Waals surface area contributed by atoms with Crippen LogP contribution in [0.2, 0.25) is 0 Å². The second-order valence-electron chi connectivity index (χ2n) is 4.68. The van der Waals surface area contributed by atoms with Crippen LogP contribution in [0.1, 0.15) is 5.56 Å². The van der Waals surface area contributed by atoms with Gasteiger partial charge in [0.05, 0.1) is 0 Å². The third-order valence-corrected chi connectivity index (χ3v) is 2.95. The van der Waals surface area contributed by atoms with Crippen LogP contribution in [0.4, 0.5) is 11.8 Å². The van der Waals surface area contributed by atoms with E-state index in [1.165, 1.54) is 0 Å². The van der Waals surface area contributed by atoms with Crippen LogP contribution < -0.4 is 19.7 Å². The van der Waals surface area contributed by atoms with Gasteiger partial charge in [-0.25, -0.2) is 4.98 Å². The van der Waals surface area contributed by atoms with Gasteiger partial charge in [-0.05, 0) is 23.8 Å². The zero-order valence-electron chi connectivity index (χ0n) is 11.5. The van der Waals surface area contributed by atoms with Gasteiger partial charge in [0.2, 0.25) is 12.7 Å². The van der Waals surface area contributed by atoms with Crippen LogP contribution >= 0.6 is 0 Å². The first kappa shape index (κ1) is 12.5. The molecule has 0 fully saturated rings. The molecule has 0 unspecified atom stereocenters. The van der Waals surface area contributed by atoms with E-state index in [9.17, 15) is 0 Å². The van der Waals surface area contributed by atoms with Gasteiger partial charge in [-0.1, -0.05) is 6.07 Å². The van der Waals surface area contributed by atoms with Crippen LogP contribution in [0, 0.1) is 0 Å². The van der Waals surface area contributed by atoms with Crippen LogP contribution in [0.15, 0.2) is 30.5 Å². The SMILES string of the molecule is CN(C)c1nccc(NCc2ccc3c(c2)OCO3)n1. The number of benzene rings is 1. The number of fused-ring (bicyclic) bond motifs is 1. The maximum atomic E-state index is 5.36. The van der Waals surface area contributed by atoms with Gasteiger partial charge in [-0.3, -0.25) is 0 Å². The van der Waals surface area contributed by atoms with Crippen molar-refractivity contribution in [1.82, 2.24) is 9.97 Å². The molecule has 0 bridgehead atoms. The van der Waals surface area contributed by atoms with Gasteiger partial charge in [0.25, 0.3) is 0 Å². The van der Waals surface area contributed by atoms with E-state index in [2.05, 4.69) is 15.3 Å². The normalized spacial score (nSPS) is 12.3. The van der Waals surface area contributed by atoms with Crippen molar-refractivity contribution in [2.45, 2.75) is 6.54 Å². The zero-order valence-corrected chi connectivity index (χ0v) is 11.5. The second kappa shape index (κ2) is 5.24. The van der Waals surface area contributed by atoms with E-state index in [0.29, 0.717) is 19.3 Å². The van der Waals surface area contributed by atoms with Crippen molar-refractivity contribution < 1.29 is 9.47 Å². The summed E-state index contributed by atoms with van der Waals surface area (Å²) >= 11 is 0. The molecule has 0 spiro atoms. The number of anilines is 2. The van der Waals surface area contributed by atoms with Crippen LogP contribution in [-0.4, -0.2) is 30.9 Å². The molecule has 1 N–H and O–H groups in total. The third kappa shape index (κ3) is 2.59. The van der Waals surface area contributed by atoms with Crippen molar-refractivity contribution in [2.75, 3.05) is 31.1 Å². The fourth-order valence-electron chi connectivity index (χ4n) is 1.91. The lowest BCUT2D eigenvalue weighted by molar-refractivity contribution is 0.174. The highest BCUT2D eigenvalue weighted by atomic mass is 16.7. The lowest BCUT2D eigenvalue weighted by Crippen LogP contribution is -2.13. The maximum Gasteiger partial charge on any atom is 0.231 e. The molecule has 1 aliphatic rings.